The molecule has 1 aliphatic carbocycles. The van der Waals surface area contributed by atoms with E-state index in [0.717, 1.165) is 38.4 Å². The Kier molecular flexibility index (Phi) is 9.88. The molecular formula is C16H33IN4O2S. The first-order valence-corrected chi connectivity index (χ1v) is 10.7. The van der Waals surface area contributed by atoms with Crippen molar-refractivity contribution in [3.63, 3.8) is 0 Å². The molecule has 0 aromatic heterocycles. The summed E-state index contributed by atoms with van der Waals surface area (Å²) in [4.78, 5) is 6.79. The first kappa shape index (κ1) is 22.0. The molecule has 142 valence electrons. The summed E-state index contributed by atoms with van der Waals surface area (Å²) in [6.45, 7) is 8.01. The van der Waals surface area contributed by atoms with E-state index in [4.69, 9.17) is 0 Å². The summed E-state index contributed by atoms with van der Waals surface area (Å²) < 4.78 is 26.8. The van der Waals surface area contributed by atoms with Crippen molar-refractivity contribution in [3.05, 3.63) is 0 Å². The molecule has 0 aromatic carbocycles. The number of nitrogens with zero attached hydrogens (tertiary/aromatic N) is 2. The number of piperidine rings is 1. The van der Waals surface area contributed by atoms with E-state index in [-0.39, 0.29) is 29.7 Å². The Morgan fingerprint density at radius 3 is 2.58 bits per heavy atom. The van der Waals surface area contributed by atoms with E-state index in [2.05, 4.69) is 26.9 Å². The van der Waals surface area contributed by atoms with Gasteiger partial charge in [-0.3, -0.25) is 4.99 Å². The number of nitrogens with one attached hydrogen (secondary N) is 2. The maximum atomic E-state index is 12.0. The molecule has 0 amide bonds. The third-order valence-corrected chi connectivity index (χ3v) is 6.06. The van der Waals surface area contributed by atoms with Crippen LogP contribution in [0.2, 0.25) is 0 Å². The SMILES string of the molecule is CCNC(=NCCS(=O)(=O)NCC1CCC1)N1CCCC(C)C1.I. The lowest BCUT2D eigenvalue weighted by Gasteiger charge is -2.33. The van der Waals surface area contributed by atoms with E-state index in [1.165, 1.54) is 19.3 Å². The average molecular weight is 472 g/mol. The minimum atomic E-state index is -3.21. The number of hydrogen-bond acceptors (Lipinski definition) is 3. The van der Waals surface area contributed by atoms with Crippen molar-refractivity contribution in [1.29, 1.82) is 0 Å². The quantitative estimate of drug-likeness (QED) is 0.338. The molecular weight excluding hydrogens is 439 g/mol. The molecule has 1 atom stereocenters. The van der Waals surface area contributed by atoms with Crippen molar-refractivity contribution in [2.75, 3.05) is 38.5 Å². The standard InChI is InChI=1S/C16H32N4O2S.HI/c1-3-17-16(20-10-5-6-14(2)13-20)18-9-11-23(21,22)19-12-15-7-4-8-15;/h14-15,19H,3-13H2,1-2H3,(H,17,18);1H. The van der Waals surface area contributed by atoms with E-state index in [1.54, 1.807) is 0 Å². The third kappa shape index (κ3) is 7.43. The average Bonchev–Trinajstić information content (AvgIpc) is 2.44. The summed E-state index contributed by atoms with van der Waals surface area (Å²) in [6.07, 6.45) is 5.97. The van der Waals surface area contributed by atoms with Gasteiger partial charge in [-0.1, -0.05) is 13.3 Å². The minimum Gasteiger partial charge on any atom is -0.357 e. The molecule has 1 aliphatic heterocycles. The number of hydrogen-bond donors (Lipinski definition) is 2. The van der Waals surface area contributed by atoms with Gasteiger partial charge in [0.25, 0.3) is 0 Å². The normalized spacial score (nSPS) is 22.7. The van der Waals surface area contributed by atoms with Crippen molar-refractivity contribution in [3.8, 4) is 0 Å². The van der Waals surface area contributed by atoms with Crippen molar-refractivity contribution in [1.82, 2.24) is 14.9 Å². The van der Waals surface area contributed by atoms with Crippen molar-refractivity contribution < 1.29 is 8.42 Å². The van der Waals surface area contributed by atoms with Gasteiger partial charge in [-0.25, -0.2) is 13.1 Å². The highest BCUT2D eigenvalue weighted by Gasteiger charge is 2.21. The second-order valence-corrected chi connectivity index (χ2v) is 8.82. The topological polar surface area (TPSA) is 73.8 Å². The smallest absolute Gasteiger partial charge is 0.213 e. The van der Waals surface area contributed by atoms with E-state index in [1.807, 2.05) is 6.92 Å². The van der Waals surface area contributed by atoms with Crippen LogP contribution in [0.3, 0.4) is 0 Å². The van der Waals surface area contributed by atoms with Gasteiger partial charge >= 0.3 is 0 Å². The molecule has 0 spiro atoms. The molecule has 1 unspecified atom stereocenters. The Bertz CT molecular complexity index is 494. The molecule has 1 heterocycles. The maximum Gasteiger partial charge on any atom is 0.213 e. The molecule has 2 fully saturated rings. The summed E-state index contributed by atoms with van der Waals surface area (Å²) >= 11 is 0. The van der Waals surface area contributed by atoms with Crippen molar-refractivity contribution in [2.45, 2.75) is 46.0 Å². The van der Waals surface area contributed by atoms with Crippen LogP contribution in [0.5, 0.6) is 0 Å². The lowest BCUT2D eigenvalue weighted by Crippen LogP contribution is -2.46. The summed E-state index contributed by atoms with van der Waals surface area (Å²) in [7, 11) is -3.21. The van der Waals surface area contributed by atoms with Gasteiger partial charge in [-0.15, -0.1) is 24.0 Å². The van der Waals surface area contributed by atoms with Gasteiger partial charge in [0.05, 0.1) is 12.3 Å². The number of likely N-dealkylation sites (tertiary alicyclic amines) is 1. The van der Waals surface area contributed by atoms with Crippen LogP contribution < -0.4 is 10.0 Å². The Morgan fingerprint density at radius 1 is 1.25 bits per heavy atom. The molecule has 1 saturated carbocycles. The predicted molar refractivity (Wildman–Crippen MR) is 110 cm³/mol. The van der Waals surface area contributed by atoms with Gasteiger partial charge in [-0.05, 0) is 44.4 Å². The van der Waals surface area contributed by atoms with Crippen LogP contribution in [-0.2, 0) is 10.0 Å². The van der Waals surface area contributed by atoms with E-state index in [0.29, 0.717) is 24.9 Å². The molecule has 0 aromatic rings. The Hall–Kier alpha value is -0.0900. The molecule has 2 aliphatic rings. The zero-order valence-electron chi connectivity index (χ0n) is 15.0. The Balaban J connectivity index is 0.00000288. The molecule has 8 heteroatoms. The van der Waals surface area contributed by atoms with Crippen molar-refractivity contribution >= 4 is 40.0 Å². The summed E-state index contributed by atoms with van der Waals surface area (Å²) in [5.74, 6) is 2.13. The predicted octanol–water partition coefficient (Wildman–Crippen LogP) is 2.02. The molecule has 0 bridgehead atoms. The first-order valence-electron chi connectivity index (χ1n) is 9.00. The molecule has 2 N–H and O–H groups in total. The van der Waals surface area contributed by atoms with Crippen LogP contribution in [0.25, 0.3) is 0 Å². The van der Waals surface area contributed by atoms with Gasteiger partial charge < -0.3 is 10.2 Å². The number of aliphatic imine (C=N–C) groups is 1. The van der Waals surface area contributed by atoms with Gasteiger partial charge in [0, 0.05) is 26.2 Å². The fourth-order valence-corrected chi connectivity index (χ4v) is 4.06. The second-order valence-electron chi connectivity index (χ2n) is 6.89. The van der Waals surface area contributed by atoms with Gasteiger partial charge in [0.2, 0.25) is 10.0 Å². The van der Waals surface area contributed by atoms with E-state index >= 15 is 0 Å². The van der Waals surface area contributed by atoms with Crippen molar-refractivity contribution in [2.24, 2.45) is 16.8 Å². The van der Waals surface area contributed by atoms with Gasteiger partial charge in [0.15, 0.2) is 5.96 Å². The second kappa shape index (κ2) is 10.8. The highest BCUT2D eigenvalue weighted by atomic mass is 127. The zero-order chi connectivity index (χ0) is 16.7. The maximum absolute atomic E-state index is 12.0. The molecule has 6 nitrogen and oxygen atoms in total. The Morgan fingerprint density at radius 2 is 2.00 bits per heavy atom. The highest BCUT2D eigenvalue weighted by Crippen LogP contribution is 2.25. The summed E-state index contributed by atoms with van der Waals surface area (Å²) in [5, 5.41) is 3.29. The molecule has 0 radical (unpaired) electrons. The van der Waals surface area contributed by atoms with Crippen LogP contribution in [0.1, 0.15) is 46.0 Å². The lowest BCUT2D eigenvalue weighted by atomic mass is 9.86. The number of sulfonamides is 1. The highest BCUT2D eigenvalue weighted by molar-refractivity contribution is 14.0. The first-order chi connectivity index (χ1) is 11.0. The van der Waals surface area contributed by atoms with Crippen LogP contribution >= 0.6 is 24.0 Å². The number of rotatable bonds is 7. The lowest BCUT2D eigenvalue weighted by molar-refractivity contribution is 0.266. The third-order valence-electron chi connectivity index (χ3n) is 4.73. The number of guanidine groups is 1. The largest absolute Gasteiger partial charge is 0.357 e. The van der Waals surface area contributed by atoms with E-state index in [9.17, 15) is 8.42 Å². The van der Waals surface area contributed by atoms with Crippen LogP contribution in [-0.4, -0.2) is 57.8 Å². The summed E-state index contributed by atoms with van der Waals surface area (Å²) in [5.41, 5.74) is 0. The molecule has 2 rings (SSSR count). The van der Waals surface area contributed by atoms with Gasteiger partial charge in [-0.2, -0.15) is 0 Å². The van der Waals surface area contributed by atoms with E-state index < -0.39 is 10.0 Å². The minimum absolute atomic E-state index is 0. The van der Waals surface area contributed by atoms with Crippen LogP contribution in [0.4, 0.5) is 0 Å². The number of halogens is 1. The molecule has 24 heavy (non-hydrogen) atoms. The molecule has 1 saturated heterocycles. The van der Waals surface area contributed by atoms with Crippen LogP contribution in [0, 0.1) is 11.8 Å². The Labute approximate surface area is 164 Å². The fourth-order valence-electron chi connectivity index (χ4n) is 3.09. The van der Waals surface area contributed by atoms with Crippen LogP contribution in [0.15, 0.2) is 4.99 Å². The van der Waals surface area contributed by atoms with Gasteiger partial charge in [0.1, 0.15) is 0 Å². The zero-order valence-corrected chi connectivity index (χ0v) is 18.1. The summed E-state index contributed by atoms with van der Waals surface area (Å²) in [6, 6.07) is 0. The monoisotopic (exact) mass is 472 g/mol. The fraction of sp³-hybridized carbons (Fsp3) is 0.938.